The van der Waals surface area contributed by atoms with E-state index in [0.29, 0.717) is 5.92 Å². The molecule has 6 heteroatoms. The summed E-state index contributed by atoms with van der Waals surface area (Å²) in [5.41, 5.74) is 1.24. The van der Waals surface area contributed by atoms with Crippen molar-refractivity contribution in [3.8, 4) is 0 Å². The molecule has 4 rings (SSSR count). The van der Waals surface area contributed by atoms with Crippen molar-refractivity contribution in [1.29, 1.82) is 0 Å². The molecule has 1 saturated heterocycles. The minimum absolute atomic E-state index is 0.273. The molecule has 1 aromatic carbocycles. The smallest absolute Gasteiger partial charge is 0.169 e. The lowest BCUT2D eigenvalue weighted by molar-refractivity contribution is 0.0501. The van der Waals surface area contributed by atoms with Crippen LogP contribution in [-0.4, -0.2) is 62.2 Å². The molecule has 0 unspecified atom stereocenters. The van der Waals surface area contributed by atoms with E-state index in [-0.39, 0.29) is 6.04 Å². The van der Waals surface area contributed by atoms with Crippen LogP contribution in [0.4, 0.5) is 0 Å². The maximum absolute atomic E-state index is 4.45. The van der Waals surface area contributed by atoms with Gasteiger partial charge in [0.25, 0.3) is 0 Å². The lowest BCUT2D eigenvalue weighted by Gasteiger charge is -2.42. The fourth-order valence-electron chi connectivity index (χ4n) is 4.83. The van der Waals surface area contributed by atoms with E-state index in [9.17, 15) is 0 Å². The number of rotatable bonds is 6. The van der Waals surface area contributed by atoms with E-state index in [1.54, 1.807) is 0 Å². The van der Waals surface area contributed by atoms with Gasteiger partial charge in [0, 0.05) is 32.2 Å². The first-order chi connectivity index (χ1) is 13.2. The Kier molecular flexibility index (Phi) is 5.83. The number of hydrogen-bond acceptors (Lipinski definition) is 5. The predicted octanol–water partition coefficient (Wildman–Crippen LogP) is 2.98. The highest BCUT2D eigenvalue weighted by molar-refractivity contribution is 5.15. The molecule has 0 spiro atoms. The molecule has 1 aliphatic heterocycles. The Morgan fingerprint density at radius 3 is 2.37 bits per heavy atom. The molecule has 0 bridgehead atoms. The summed E-state index contributed by atoms with van der Waals surface area (Å²) in [4.78, 5) is 5.32. The highest BCUT2D eigenvalue weighted by Gasteiger charge is 2.33. The second-order valence-corrected chi connectivity index (χ2v) is 8.38. The molecule has 1 aromatic heterocycles. The van der Waals surface area contributed by atoms with Gasteiger partial charge in [0.1, 0.15) is 0 Å². The minimum Gasteiger partial charge on any atom is -0.298 e. The van der Waals surface area contributed by atoms with Crippen LogP contribution in [0.25, 0.3) is 0 Å². The van der Waals surface area contributed by atoms with Gasteiger partial charge < -0.3 is 0 Å². The van der Waals surface area contributed by atoms with Gasteiger partial charge in [-0.1, -0.05) is 57.0 Å². The van der Waals surface area contributed by atoms with Crippen molar-refractivity contribution in [1.82, 2.24) is 30.0 Å². The molecule has 27 heavy (non-hydrogen) atoms. The zero-order valence-electron chi connectivity index (χ0n) is 16.7. The Labute approximate surface area is 162 Å². The average Bonchev–Trinajstić information content (AvgIpc) is 3.36. The van der Waals surface area contributed by atoms with Crippen molar-refractivity contribution in [2.75, 3.05) is 26.2 Å². The third-order valence-electron chi connectivity index (χ3n) is 6.21. The molecular formula is C21H32N6. The lowest BCUT2D eigenvalue weighted by atomic mass is 10.00. The zero-order valence-corrected chi connectivity index (χ0v) is 16.7. The van der Waals surface area contributed by atoms with Crippen LogP contribution < -0.4 is 0 Å². The maximum atomic E-state index is 4.45. The summed E-state index contributed by atoms with van der Waals surface area (Å²) in [6.45, 7) is 9.87. The van der Waals surface area contributed by atoms with Crippen LogP contribution >= 0.6 is 0 Å². The van der Waals surface area contributed by atoms with Gasteiger partial charge in [-0.15, -0.1) is 5.10 Å². The molecule has 2 aliphatic rings. The van der Waals surface area contributed by atoms with E-state index in [4.69, 9.17) is 0 Å². The first kappa shape index (κ1) is 18.6. The molecule has 146 valence electrons. The first-order valence-electron chi connectivity index (χ1n) is 10.5. The summed E-state index contributed by atoms with van der Waals surface area (Å²) in [6.07, 6.45) is 5.60. The van der Waals surface area contributed by atoms with E-state index in [2.05, 4.69) is 63.4 Å². The van der Waals surface area contributed by atoms with Crippen LogP contribution in [-0.2, 0) is 6.54 Å². The highest BCUT2D eigenvalue weighted by Crippen LogP contribution is 2.30. The van der Waals surface area contributed by atoms with Gasteiger partial charge in [0.2, 0.25) is 0 Å². The van der Waals surface area contributed by atoms with Crippen LogP contribution in [0.3, 0.4) is 0 Å². The van der Waals surface area contributed by atoms with Gasteiger partial charge in [0.15, 0.2) is 5.82 Å². The number of tetrazole rings is 1. The summed E-state index contributed by atoms with van der Waals surface area (Å²) in [6, 6.07) is 11.6. The van der Waals surface area contributed by atoms with E-state index in [0.717, 1.165) is 31.5 Å². The van der Waals surface area contributed by atoms with Crippen LogP contribution in [0.2, 0.25) is 0 Å². The molecule has 6 nitrogen and oxygen atoms in total. The standard InChI is InChI=1S/C21H32N6/c1-17(2)20(26-14-12-25(13-15-26)19-10-6-7-11-19)21-22-23-24-27(21)16-18-8-4-3-5-9-18/h3-5,8-9,17,19-20H,6-7,10-16H2,1-2H3/t20-/m0/s1. The van der Waals surface area contributed by atoms with E-state index < -0.39 is 0 Å². The van der Waals surface area contributed by atoms with Crippen LogP contribution in [0.5, 0.6) is 0 Å². The highest BCUT2D eigenvalue weighted by atomic mass is 15.6. The number of aromatic nitrogens is 4. The summed E-state index contributed by atoms with van der Waals surface area (Å²) in [7, 11) is 0. The van der Waals surface area contributed by atoms with E-state index >= 15 is 0 Å². The topological polar surface area (TPSA) is 50.1 Å². The van der Waals surface area contributed by atoms with E-state index in [1.165, 1.54) is 44.3 Å². The van der Waals surface area contributed by atoms with Gasteiger partial charge in [-0.2, -0.15) is 0 Å². The number of piperazine rings is 1. The lowest BCUT2D eigenvalue weighted by Crippen LogP contribution is -2.51. The molecule has 0 N–H and O–H groups in total. The zero-order chi connectivity index (χ0) is 18.6. The minimum atomic E-state index is 0.273. The molecule has 0 amide bonds. The second-order valence-electron chi connectivity index (χ2n) is 8.38. The third-order valence-corrected chi connectivity index (χ3v) is 6.21. The van der Waals surface area contributed by atoms with Crippen LogP contribution in [0, 0.1) is 5.92 Å². The Morgan fingerprint density at radius 1 is 1.00 bits per heavy atom. The molecule has 0 radical (unpaired) electrons. The first-order valence-corrected chi connectivity index (χ1v) is 10.5. The molecule has 1 aliphatic carbocycles. The SMILES string of the molecule is CC(C)[C@@H](c1nnnn1Cc1ccccc1)N1CCN(C2CCCC2)CC1. The summed E-state index contributed by atoms with van der Waals surface area (Å²) in [5, 5.41) is 12.8. The van der Waals surface area contributed by atoms with Crippen molar-refractivity contribution in [3.05, 3.63) is 41.7 Å². The number of benzene rings is 1. The summed E-state index contributed by atoms with van der Waals surface area (Å²) in [5.74, 6) is 1.48. The van der Waals surface area contributed by atoms with Crippen molar-refractivity contribution in [3.63, 3.8) is 0 Å². The third kappa shape index (κ3) is 4.22. The van der Waals surface area contributed by atoms with Crippen molar-refractivity contribution in [2.45, 2.75) is 58.2 Å². The normalized spacial score (nSPS) is 21.1. The second kappa shape index (κ2) is 8.48. The van der Waals surface area contributed by atoms with Gasteiger partial charge in [0.05, 0.1) is 12.6 Å². The van der Waals surface area contributed by atoms with Gasteiger partial charge in [-0.05, 0) is 34.7 Å². The number of hydrogen-bond donors (Lipinski definition) is 0. The van der Waals surface area contributed by atoms with Crippen LogP contribution in [0.15, 0.2) is 30.3 Å². The van der Waals surface area contributed by atoms with Crippen LogP contribution in [0.1, 0.15) is 57.0 Å². The summed E-state index contributed by atoms with van der Waals surface area (Å²) < 4.78 is 1.99. The Morgan fingerprint density at radius 2 is 1.70 bits per heavy atom. The quantitative estimate of drug-likeness (QED) is 0.785. The Balaban J connectivity index is 1.46. The van der Waals surface area contributed by atoms with Crippen molar-refractivity contribution < 1.29 is 0 Å². The number of nitrogens with zero attached hydrogens (tertiary/aromatic N) is 6. The Bertz CT molecular complexity index is 698. The molecule has 1 atom stereocenters. The largest absolute Gasteiger partial charge is 0.298 e. The van der Waals surface area contributed by atoms with Crippen molar-refractivity contribution >= 4 is 0 Å². The summed E-state index contributed by atoms with van der Waals surface area (Å²) >= 11 is 0. The van der Waals surface area contributed by atoms with Crippen molar-refractivity contribution in [2.24, 2.45) is 5.92 Å². The average molecular weight is 369 g/mol. The van der Waals surface area contributed by atoms with Gasteiger partial charge in [-0.3, -0.25) is 9.80 Å². The fourth-order valence-corrected chi connectivity index (χ4v) is 4.83. The van der Waals surface area contributed by atoms with E-state index in [1.807, 2.05) is 10.7 Å². The molecule has 2 aromatic rings. The van der Waals surface area contributed by atoms with Gasteiger partial charge >= 0.3 is 0 Å². The molecular weight excluding hydrogens is 336 g/mol. The molecule has 1 saturated carbocycles. The molecule has 2 heterocycles. The maximum Gasteiger partial charge on any atom is 0.169 e. The Hall–Kier alpha value is -1.79. The predicted molar refractivity (Wildman–Crippen MR) is 106 cm³/mol. The molecule has 2 fully saturated rings. The monoisotopic (exact) mass is 368 g/mol. The fraction of sp³-hybridized carbons (Fsp3) is 0.667. The van der Waals surface area contributed by atoms with Gasteiger partial charge in [-0.25, -0.2) is 4.68 Å².